The number of alkyl carbamates (subject to hydrolysis) is 1. The van der Waals surface area contributed by atoms with Crippen LogP contribution in [0.25, 0.3) is 11.1 Å². The Morgan fingerprint density at radius 3 is 2.37 bits per heavy atom. The first kappa shape index (κ1) is 24.0. The minimum absolute atomic E-state index is 0.0409. The number of amides is 2. The second-order valence-corrected chi connectivity index (χ2v) is 8.91. The van der Waals surface area contributed by atoms with E-state index in [9.17, 15) is 14.4 Å². The molecule has 8 nitrogen and oxygen atoms in total. The number of rotatable bonds is 8. The number of nitrogens with zero attached hydrogens (tertiary/aromatic N) is 1. The first-order valence-corrected chi connectivity index (χ1v) is 11.8. The molecule has 1 aromatic heterocycles. The van der Waals surface area contributed by atoms with Crippen molar-refractivity contribution in [2.24, 2.45) is 0 Å². The molecule has 0 saturated heterocycles. The van der Waals surface area contributed by atoms with Crippen molar-refractivity contribution in [2.45, 2.75) is 31.8 Å². The fraction of sp³-hybridized carbons (Fsp3) is 0.231. The van der Waals surface area contributed by atoms with E-state index in [-0.39, 0.29) is 30.4 Å². The van der Waals surface area contributed by atoms with Crippen LogP contribution in [0.2, 0.25) is 0 Å². The lowest BCUT2D eigenvalue weighted by atomic mass is 9.98. The quantitative estimate of drug-likeness (QED) is 0.415. The largest absolute Gasteiger partial charge is 0.477 e. The summed E-state index contributed by atoms with van der Waals surface area (Å²) >= 11 is 0.972. The van der Waals surface area contributed by atoms with E-state index in [0.29, 0.717) is 5.01 Å². The highest BCUT2D eigenvalue weighted by Crippen LogP contribution is 2.44. The molecule has 1 aliphatic rings. The van der Waals surface area contributed by atoms with Crippen molar-refractivity contribution in [3.63, 3.8) is 0 Å². The Hall–Kier alpha value is -4.16. The van der Waals surface area contributed by atoms with Crippen molar-refractivity contribution in [1.82, 2.24) is 15.6 Å². The molecule has 178 valence electrons. The third kappa shape index (κ3) is 5.50. The number of fused-ring (bicyclic) bond motifs is 3. The van der Waals surface area contributed by atoms with Gasteiger partial charge in [0.15, 0.2) is 0 Å². The number of carbonyl (C=O) groups excluding carboxylic acids is 2. The van der Waals surface area contributed by atoms with E-state index in [2.05, 4.69) is 39.6 Å². The molecule has 9 heteroatoms. The maximum absolute atomic E-state index is 12.7. The van der Waals surface area contributed by atoms with Crippen molar-refractivity contribution in [3.8, 4) is 23.0 Å². The SMILES string of the molecule is CC#CCC(NC(=O)OCC1c2ccccc2-c2ccccc21)C(=O)NCc1ncc(C(=O)O)s1. The highest BCUT2D eigenvalue weighted by molar-refractivity contribution is 7.13. The van der Waals surface area contributed by atoms with Gasteiger partial charge in [0.1, 0.15) is 22.5 Å². The smallest absolute Gasteiger partial charge is 0.407 e. The second-order valence-electron chi connectivity index (χ2n) is 7.79. The van der Waals surface area contributed by atoms with Crippen molar-refractivity contribution < 1.29 is 24.2 Å². The number of aromatic nitrogens is 1. The number of nitrogens with one attached hydrogen (secondary N) is 2. The van der Waals surface area contributed by atoms with Crippen LogP contribution in [0.3, 0.4) is 0 Å². The molecule has 0 saturated carbocycles. The summed E-state index contributed by atoms with van der Waals surface area (Å²) < 4.78 is 5.54. The molecule has 1 heterocycles. The Morgan fingerprint density at radius 1 is 1.11 bits per heavy atom. The van der Waals surface area contributed by atoms with Crippen LogP contribution in [0.1, 0.15) is 45.1 Å². The molecule has 2 amide bonds. The lowest BCUT2D eigenvalue weighted by Crippen LogP contribution is -2.46. The van der Waals surface area contributed by atoms with Crippen LogP contribution in [-0.4, -0.2) is 40.7 Å². The third-order valence-electron chi connectivity index (χ3n) is 5.61. The fourth-order valence-corrected chi connectivity index (χ4v) is 4.67. The van der Waals surface area contributed by atoms with Gasteiger partial charge in [-0.3, -0.25) is 4.79 Å². The Kier molecular flexibility index (Phi) is 7.43. The average Bonchev–Trinajstić information content (AvgIpc) is 3.47. The van der Waals surface area contributed by atoms with Gasteiger partial charge in [0.2, 0.25) is 5.91 Å². The lowest BCUT2D eigenvalue weighted by Gasteiger charge is -2.18. The van der Waals surface area contributed by atoms with Gasteiger partial charge in [-0.2, -0.15) is 0 Å². The number of aromatic carboxylic acids is 1. The summed E-state index contributed by atoms with van der Waals surface area (Å²) in [5.74, 6) is 3.89. The van der Waals surface area contributed by atoms with Crippen LogP contribution in [0.5, 0.6) is 0 Å². The van der Waals surface area contributed by atoms with Gasteiger partial charge < -0.3 is 20.5 Å². The van der Waals surface area contributed by atoms with Gasteiger partial charge in [-0.05, 0) is 29.2 Å². The minimum Gasteiger partial charge on any atom is -0.477 e. The summed E-state index contributed by atoms with van der Waals surface area (Å²) in [5, 5.41) is 14.7. The molecule has 4 rings (SSSR count). The van der Waals surface area contributed by atoms with Crippen molar-refractivity contribution >= 4 is 29.3 Å². The number of hydrogen-bond donors (Lipinski definition) is 3. The van der Waals surface area contributed by atoms with Gasteiger partial charge in [-0.25, -0.2) is 14.6 Å². The Bertz CT molecular complexity index is 1280. The monoisotopic (exact) mass is 489 g/mol. The third-order valence-corrected chi connectivity index (χ3v) is 6.60. The van der Waals surface area contributed by atoms with E-state index in [0.717, 1.165) is 33.6 Å². The van der Waals surface area contributed by atoms with Crippen molar-refractivity contribution in [3.05, 3.63) is 75.7 Å². The van der Waals surface area contributed by atoms with Crippen LogP contribution in [0, 0.1) is 11.8 Å². The number of carboxylic acid groups (broad SMARTS) is 1. The van der Waals surface area contributed by atoms with Gasteiger partial charge in [0.25, 0.3) is 0 Å². The van der Waals surface area contributed by atoms with Gasteiger partial charge in [-0.1, -0.05) is 48.5 Å². The highest BCUT2D eigenvalue weighted by Gasteiger charge is 2.29. The number of hydrogen-bond acceptors (Lipinski definition) is 6. The molecule has 3 aromatic rings. The minimum atomic E-state index is -1.08. The van der Waals surface area contributed by atoms with E-state index in [1.807, 2.05) is 36.4 Å². The first-order valence-electron chi connectivity index (χ1n) is 10.9. The van der Waals surface area contributed by atoms with E-state index in [1.165, 1.54) is 6.20 Å². The summed E-state index contributed by atoms with van der Waals surface area (Å²) in [5.41, 5.74) is 4.44. The van der Waals surface area contributed by atoms with Crippen LogP contribution in [0.15, 0.2) is 54.7 Å². The van der Waals surface area contributed by atoms with Crippen LogP contribution in [-0.2, 0) is 16.1 Å². The molecule has 0 radical (unpaired) electrons. The number of thiazole rings is 1. The Morgan fingerprint density at radius 2 is 1.77 bits per heavy atom. The predicted octanol–water partition coefficient (Wildman–Crippen LogP) is 3.78. The summed E-state index contributed by atoms with van der Waals surface area (Å²) in [7, 11) is 0. The second kappa shape index (κ2) is 10.8. The standard InChI is InChI=1S/C26H23N3O5S/c1-2-3-12-21(24(30)28-14-23-27-13-22(35-23)25(31)32)29-26(33)34-15-20-18-10-6-4-8-16(18)17-9-5-7-11-19(17)20/h4-11,13,20-21H,12,14-15H2,1H3,(H,28,30)(H,29,33)(H,31,32). The molecular weight excluding hydrogens is 466 g/mol. The zero-order valence-corrected chi connectivity index (χ0v) is 19.7. The van der Waals surface area contributed by atoms with Gasteiger partial charge in [0, 0.05) is 12.3 Å². The molecule has 35 heavy (non-hydrogen) atoms. The molecule has 0 aliphatic heterocycles. The van der Waals surface area contributed by atoms with E-state index >= 15 is 0 Å². The normalized spacial score (nSPS) is 12.5. The number of benzene rings is 2. The molecule has 0 bridgehead atoms. The number of carbonyl (C=O) groups is 3. The zero-order valence-electron chi connectivity index (χ0n) is 18.9. The van der Waals surface area contributed by atoms with Crippen molar-refractivity contribution in [2.75, 3.05) is 6.61 Å². The van der Waals surface area contributed by atoms with Crippen LogP contribution in [0.4, 0.5) is 4.79 Å². The Balaban J connectivity index is 1.37. The fourth-order valence-electron chi connectivity index (χ4n) is 3.97. The maximum Gasteiger partial charge on any atom is 0.407 e. The first-order chi connectivity index (χ1) is 17.0. The van der Waals surface area contributed by atoms with E-state index < -0.39 is 24.0 Å². The van der Waals surface area contributed by atoms with Crippen LogP contribution >= 0.6 is 11.3 Å². The predicted molar refractivity (Wildman–Crippen MR) is 131 cm³/mol. The highest BCUT2D eigenvalue weighted by atomic mass is 32.1. The zero-order chi connectivity index (χ0) is 24.8. The summed E-state index contributed by atoms with van der Waals surface area (Å²) in [6.07, 6.45) is 0.626. The van der Waals surface area contributed by atoms with Gasteiger partial charge in [-0.15, -0.1) is 23.2 Å². The van der Waals surface area contributed by atoms with Crippen LogP contribution < -0.4 is 10.6 Å². The van der Waals surface area contributed by atoms with Gasteiger partial charge in [0.05, 0.1) is 12.7 Å². The molecule has 2 aromatic carbocycles. The molecule has 0 fully saturated rings. The Labute approximate surface area is 206 Å². The maximum atomic E-state index is 12.7. The molecule has 3 N–H and O–H groups in total. The van der Waals surface area contributed by atoms with Gasteiger partial charge >= 0.3 is 12.1 Å². The van der Waals surface area contributed by atoms with Crippen molar-refractivity contribution in [1.29, 1.82) is 0 Å². The topological polar surface area (TPSA) is 118 Å². The molecule has 1 aliphatic carbocycles. The lowest BCUT2D eigenvalue weighted by molar-refractivity contribution is -0.123. The van der Waals surface area contributed by atoms with E-state index in [4.69, 9.17) is 9.84 Å². The molecule has 1 unspecified atom stereocenters. The summed E-state index contributed by atoms with van der Waals surface area (Å²) in [4.78, 5) is 40.4. The van der Waals surface area contributed by atoms with E-state index in [1.54, 1.807) is 6.92 Å². The number of ether oxygens (including phenoxy) is 1. The number of carboxylic acids is 1. The molecular formula is C26H23N3O5S. The molecule has 0 spiro atoms. The average molecular weight is 490 g/mol. The molecule has 1 atom stereocenters. The summed E-state index contributed by atoms with van der Waals surface area (Å²) in [6, 6.07) is 15.1. The summed E-state index contributed by atoms with van der Waals surface area (Å²) in [6.45, 7) is 1.81.